The van der Waals surface area contributed by atoms with Crippen molar-refractivity contribution in [2.45, 2.75) is 37.2 Å². The summed E-state index contributed by atoms with van der Waals surface area (Å²) < 4.78 is 33.4. The average Bonchev–Trinajstić information content (AvgIpc) is 2.71. The fourth-order valence-electron chi connectivity index (χ4n) is 4.02. The van der Waals surface area contributed by atoms with Crippen molar-refractivity contribution in [3.63, 3.8) is 0 Å². The van der Waals surface area contributed by atoms with Gasteiger partial charge in [0.1, 0.15) is 5.54 Å². The Bertz CT molecular complexity index is 1200. The Morgan fingerprint density at radius 2 is 1.59 bits per heavy atom. The highest BCUT2D eigenvalue weighted by atomic mass is 32.2. The molecule has 3 aromatic rings. The molecule has 1 heterocycles. The third-order valence-electron chi connectivity index (χ3n) is 5.70. The molecule has 0 radical (unpaired) electrons. The zero-order chi connectivity index (χ0) is 20.8. The minimum atomic E-state index is -3.91. The van der Waals surface area contributed by atoms with Gasteiger partial charge >= 0.3 is 5.97 Å². The number of methoxy groups -OCH3 is 1. The fraction of sp³-hybridized carbons (Fsp3) is 0.261. The molecule has 150 valence electrons. The van der Waals surface area contributed by atoms with Gasteiger partial charge < -0.3 is 4.74 Å². The van der Waals surface area contributed by atoms with Gasteiger partial charge in [0.05, 0.1) is 12.0 Å². The van der Waals surface area contributed by atoms with Crippen LogP contribution < -0.4 is 0 Å². The Kier molecular flexibility index (Phi) is 4.71. The molecular weight excluding hydrogens is 386 g/mol. The number of fused-ring (bicyclic) bond motifs is 2. The van der Waals surface area contributed by atoms with E-state index in [1.165, 1.54) is 11.4 Å². The van der Waals surface area contributed by atoms with Crippen molar-refractivity contribution in [1.82, 2.24) is 4.31 Å². The van der Waals surface area contributed by atoms with Gasteiger partial charge in [0.15, 0.2) is 0 Å². The molecule has 1 aliphatic heterocycles. The first-order valence-corrected chi connectivity index (χ1v) is 10.9. The van der Waals surface area contributed by atoms with Crippen molar-refractivity contribution in [3.05, 3.63) is 77.4 Å². The second-order valence-corrected chi connectivity index (χ2v) is 9.60. The second kappa shape index (κ2) is 6.97. The molecule has 0 saturated carbocycles. The van der Waals surface area contributed by atoms with Crippen molar-refractivity contribution in [1.29, 1.82) is 0 Å². The molecule has 0 saturated heterocycles. The Hall–Kier alpha value is -2.70. The van der Waals surface area contributed by atoms with Crippen molar-refractivity contribution in [2.24, 2.45) is 0 Å². The molecule has 0 bridgehead atoms. The summed E-state index contributed by atoms with van der Waals surface area (Å²) in [5, 5.41) is 2.11. The molecule has 6 heteroatoms. The van der Waals surface area contributed by atoms with Crippen LogP contribution >= 0.6 is 0 Å². The number of esters is 1. The first-order chi connectivity index (χ1) is 13.8. The third-order valence-corrected chi connectivity index (χ3v) is 7.68. The van der Waals surface area contributed by atoms with Crippen molar-refractivity contribution >= 4 is 26.8 Å². The van der Waals surface area contributed by atoms with E-state index in [1.807, 2.05) is 43.3 Å². The van der Waals surface area contributed by atoms with E-state index in [9.17, 15) is 13.2 Å². The molecule has 0 aromatic heterocycles. The number of hydrogen-bond acceptors (Lipinski definition) is 4. The Morgan fingerprint density at radius 3 is 2.17 bits per heavy atom. The fourth-order valence-corrected chi connectivity index (χ4v) is 5.73. The minimum absolute atomic E-state index is 0.113. The maximum atomic E-state index is 13.5. The van der Waals surface area contributed by atoms with Gasteiger partial charge in [0.2, 0.25) is 10.0 Å². The number of nitrogens with zero attached hydrogens (tertiary/aromatic N) is 1. The van der Waals surface area contributed by atoms with E-state index in [1.54, 1.807) is 31.2 Å². The number of ether oxygens (including phenoxy) is 1. The first-order valence-electron chi connectivity index (χ1n) is 9.44. The van der Waals surface area contributed by atoms with Crippen LogP contribution in [0.2, 0.25) is 0 Å². The molecule has 1 atom stereocenters. The van der Waals surface area contributed by atoms with Gasteiger partial charge in [-0.05, 0) is 53.9 Å². The van der Waals surface area contributed by atoms with Crippen molar-refractivity contribution in [3.8, 4) is 0 Å². The quantitative estimate of drug-likeness (QED) is 0.617. The highest BCUT2D eigenvalue weighted by Gasteiger charge is 2.50. The Balaban J connectivity index is 1.88. The summed E-state index contributed by atoms with van der Waals surface area (Å²) in [6.45, 7) is 3.65. The number of aryl methyl sites for hydroxylation is 1. The van der Waals surface area contributed by atoms with Crippen LogP contribution in [0.15, 0.2) is 65.6 Å². The van der Waals surface area contributed by atoms with E-state index in [2.05, 4.69) is 0 Å². The molecule has 0 spiro atoms. The molecule has 0 aliphatic carbocycles. The van der Waals surface area contributed by atoms with E-state index in [0.717, 1.165) is 27.5 Å². The standard InChI is InChI=1S/C23H23NO4S/c1-16-8-10-21(11-9-16)29(26,27)24-15-20-13-18-7-5-4-6-17(18)12-19(20)14-23(24,2)22(25)28-3/h4-13H,14-15H2,1-3H3/t23-/m1/s1. The molecule has 1 aliphatic rings. The summed E-state index contributed by atoms with van der Waals surface area (Å²) in [5.74, 6) is -0.563. The highest BCUT2D eigenvalue weighted by Crippen LogP contribution is 2.38. The summed E-state index contributed by atoms with van der Waals surface area (Å²) in [6.07, 6.45) is 0.255. The molecule has 4 rings (SSSR count). The molecule has 5 nitrogen and oxygen atoms in total. The lowest BCUT2D eigenvalue weighted by atomic mass is 9.85. The number of rotatable bonds is 3. The lowest BCUT2D eigenvalue weighted by Gasteiger charge is -2.42. The SMILES string of the molecule is COC(=O)[C@@]1(C)Cc2cc3ccccc3cc2CN1S(=O)(=O)c1ccc(C)cc1. The van der Waals surface area contributed by atoms with Gasteiger partial charge in [-0.25, -0.2) is 8.42 Å². The van der Waals surface area contributed by atoms with Crippen LogP contribution in [0.4, 0.5) is 0 Å². The number of carbonyl (C=O) groups excluding carboxylic acids is 1. The number of benzene rings is 3. The average molecular weight is 410 g/mol. The minimum Gasteiger partial charge on any atom is -0.468 e. The summed E-state index contributed by atoms with van der Waals surface area (Å²) in [4.78, 5) is 12.9. The number of carbonyl (C=O) groups is 1. The summed E-state index contributed by atoms with van der Waals surface area (Å²) in [6, 6.07) is 18.7. The van der Waals surface area contributed by atoms with E-state index in [0.29, 0.717) is 0 Å². The topological polar surface area (TPSA) is 63.7 Å². The highest BCUT2D eigenvalue weighted by molar-refractivity contribution is 7.89. The lowest BCUT2D eigenvalue weighted by Crippen LogP contribution is -2.58. The van der Waals surface area contributed by atoms with Crippen molar-refractivity contribution < 1.29 is 17.9 Å². The summed E-state index contributed by atoms with van der Waals surface area (Å²) in [5.41, 5.74) is 1.51. The maximum absolute atomic E-state index is 13.5. The summed E-state index contributed by atoms with van der Waals surface area (Å²) >= 11 is 0. The van der Waals surface area contributed by atoms with Gasteiger partial charge in [-0.2, -0.15) is 4.31 Å². The van der Waals surface area contributed by atoms with Gasteiger partial charge in [0.25, 0.3) is 0 Å². The molecular formula is C23H23NO4S. The zero-order valence-electron chi connectivity index (χ0n) is 16.7. The smallest absolute Gasteiger partial charge is 0.327 e. The van der Waals surface area contributed by atoms with Gasteiger partial charge in [-0.3, -0.25) is 4.79 Å². The Labute approximate surface area is 171 Å². The molecule has 3 aromatic carbocycles. The largest absolute Gasteiger partial charge is 0.468 e. The predicted octanol–water partition coefficient (Wildman–Crippen LogP) is 3.83. The van der Waals surface area contributed by atoms with E-state index >= 15 is 0 Å². The third kappa shape index (κ3) is 3.22. The molecule has 0 N–H and O–H groups in total. The zero-order valence-corrected chi connectivity index (χ0v) is 17.5. The van der Waals surface area contributed by atoms with Crippen LogP contribution in [-0.2, 0) is 32.5 Å². The lowest BCUT2D eigenvalue weighted by molar-refractivity contribution is -0.152. The number of sulfonamides is 1. The predicted molar refractivity (Wildman–Crippen MR) is 112 cm³/mol. The molecule has 0 amide bonds. The second-order valence-electron chi connectivity index (χ2n) is 7.74. The normalized spacial score (nSPS) is 19.7. The van der Waals surface area contributed by atoms with Crippen LogP contribution in [0.1, 0.15) is 23.6 Å². The van der Waals surface area contributed by atoms with E-state index in [-0.39, 0.29) is 17.9 Å². The van der Waals surface area contributed by atoms with Crippen LogP contribution in [0.25, 0.3) is 10.8 Å². The van der Waals surface area contributed by atoms with Gasteiger partial charge in [-0.15, -0.1) is 0 Å². The van der Waals surface area contributed by atoms with E-state index in [4.69, 9.17) is 4.74 Å². The maximum Gasteiger partial charge on any atom is 0.327 e. The van der Waals surface area contributed by atoms with Gasteiger partial charge in [-0.1, -0.05) is 48.0 Å². The molecule has 29 heavy (non-hydrogen) atoms. The summed E-state index contributed by atoms with van der Waals surface area (Å²) in [7, 11) is -2.61. The van der Waals surface area contributed by atoms with Crippen LogP contribution in [0.5, 0.6) is 0 Å². The number of hydrogen-bond donors (Lipinski definition) is 0. The van der Waals surface area contributed by atoms with Gasteiger partial charge in [0, 0.05) is 13.0 Å². The van der Waals surface area contributed by atoms with Crippen LogP contribution in [-0.4, -0.2) is 31.3 Å². The first kappa shape index (κ1) is 19.6. The molecule has 0 fully saturated rings. The van der Waals surface area contributed by atoms with Crippen LogP contribution in [0, 0.1) is 6.92 Å². The monoisotopic (exact) mass is 409 g/mol. The van der Waals surface area contributed by atoms with Crippen LogP contribution in [0.3, 0.4) is 0 Å². The van der Waals surface area contributed by atoms with E-state index < -0.39 is 21.5 Å². The molecule has 0 unspecified atom stereocenters. The van der Waals surface area contributed by atoms with Crippen molar-refractivity contribution in [2.75, 3.05) is 7.11 Å². The Morgan fingerprint density at radius 1 is 1.00 bits per heavy atom.